The summed E-state index contributed by atoms with van der Waals surface area (Å²) in [6.45, 7) is 2.70. The lowest BCUT2D eigenvalue weighted by atomic mass is 9.97. The van der Waals surface area contributed by atoms with Crippen LogP contribution in [0.3, 0.4) is 0 Å². The number of carbonyl (C=O) groups excluding carboxylic acids is 1. The van der Waals surface area contributed by atoms with Crippen molar-refractivity contribution in [1.29, 1.82) is 0 Å². The van der Waals surface area contributed by atoms with E-state index < -0.39 is 86.8 Å². The molecule has 100 heavy (non-hydrogen) atoms. The summed E-state index contributed by atoms with van der Waals surface area (Å²) in [5.74, 6) is -0.250. The highest BCUT2D eigenvalue weighted by atomic mass is 16.7. The lowest BCUT2D eigenvalue weighted by molar-refractivity contribution is -0.359. The number of ether oxygens (including phenoxy) is 4. The van der Waals surface area contributed by atoms with Crippen LogP contribution in [0.1, 0.15) is 322 Å². The van der Waals surface area contributed by atoms with Crippen LogP contribution in [0, 0.1) is 0 Å². The Morgan fingerprint density at radius 1 is 0.370 bits per heavy atom. The fourth-order valence-corrected chi connectivity index (χ4v) is 12.7. The van der Waals surface area contributed by atoms with Crippen molar-refractivity contribution >= 4 is 5.91 Å². The molecule has 0 spiro atoms. The first kappa shape index (κ1) is 92.5. The quantitative estimate of drug-likeness (QED) is 0.0204. The van der Waals surface area contributed by atoms with Crippen LogP contribution >= 0.6 is 0 Å². The first-order chi connectivity index (χ1) is 49.1. The smallest absolute Gasteiger partial charge is 0.220 e. The lowest BCUT2D eigenvalue weighted by Gasteiger charge is -2.46. The largest absolute Gasteiger partial charge is 0.394 e. The second-order valence-electron chi connectivity index (χ2n) is 28.2. The summed E-state index contributed by atoms with van der Waals surface area (Å²) in [6, 6.07) is -0.941. The summed E-state index contributed by atoms with van der Waals surface area (Å²) in [4.78, 5) is 13.4. The third-order valence-corrected chi connectivity index (χ3v) is 19.1. The Bertz CT molecular complexity index is 2150. The third kappa shape index (κ3) is 50.7. The minimum absolute atomic E-state index is 0.250. The van der Waals surface area contributed by atoms with E-state index in [1.54, 1.807) is 6.08 Å². The summed E-state index contributed by atoms with van der Waals surface area (Å²) >= 11 is 0. The maximum absolute atomic E-state index is 13.4. The first-order valence-electron chi connectivity index (χ1n) is 40.8. The molecule has 0 saturated carbocycles. The highest BCUT2D eigenvalue weighted by Gasteiger charge is 2.51. The van der Waals surface area contributed by atoms with Crippen molar-refractivity contribution in [2.45, 2.75) is 396 Å². The average Bonchev–Trinajstić information content (AvgIpc) is 0.796. The molecular formula is C86H149NO13. The van der Waals surface area contributed by atoms with Crippen molar-refractivity contribution in [3.63, 3.8) is 0 Å². The van der Waals surface area contributed by atoms with Gasteiger partial charge in [0.15, 0.2) is 12.6 Å². The molecule has 0 bridgehead atoms. The molecule has 2 fully saturated rings. The fraction of sp³-hybridized carbons (Fsp3) is 0.756. The van der Waals surface area contributed by atoms with Gasteiger partial charge in [0.25, 0.3) is 0 Å². The highest BCUT2D eigenvalue weighted by Crippen LogP contribution is 2.30. The third-order valence-electron chi connectivity index (χ3n) is 19.1. The van der Waals surface area contributed by atoms with Gasteiger partial charge in [0.1, 0.15) is 48.8 Å². The SMILES string of the molecule is CC/C=C\C/C=C\C/C=C\C/C=C\C/C=C\C/C=C\C/C=C\C/C=C\CCCCCCCCCCCCCCCCC(=O)NC(COC1OC(CO)C(OC2OC(CO)C(O)C(O)C2O)C(O)C1O)C(O)/C=C/CC/C=C/CCCCCCCCCCCCCCCCCCCCCCC. The zero-order valence-corrected chi connectivity index (χ0v) is 63.2. The standard InChI is InChI=1S/C86H149NO13/c1-3-5-7-9-11-13-15-17-19-21-23-25-27-29-31-32-33-34-35-36-37-38-39-40-41-42-44-46-48-50-52-54-56-58-60-62-64-66-68-70-78(91)87-74(73-97-85-83(96)81(94)84(77(72-89)99-85)100-86-82(95)80(93)79(92)76(71-88)98-86)75(90)69-67-65-63-61-59-57-55-53-51-49-47-45-43-30-28-26-24-22-20-18-16-14-12-10-8-6-4-2/h5,7,11,13,17,19,23,25,29,31,33-34,36-37,39-40,59,61,67,69,74-77,79-86,88-90,92-96H,3-4,6,8-10,12,14-16,18,20-22,24,26-28,30,32,35,38,41-58,60,62-66,68,70-73H2,1-2H3,(H,87,91)/b7-5-,13-11-,19-17-,25-23-,31-29-,34-33-,37-36-,40-39-,61-59+,69-67+. The number of nitrogens with one attached hydrogen (secondary N) is 1. The van der Waals surface area contributed by atoms with Gasteiger partial charge in [-0.25, -0.2) is 0 Å². The molecule has 9 N–H and O–H groups in total. The molecule has 0 aliphatic carbocycles. The fourth-order valence-electron chi connectivity index (χ4n) is 12.7. The van der Waals surface area contributed by atoms with Crippen LogP contribution in [0.4, 0.5) is 0 Å². The van der Waals surface area contributed by atoms with E-state index in [2.05, 4.69) is 129 Å². The van der Waals surface area contributed by atoms with Crippen molar-refractivity contribution < 1.29 is 64.6 Å². The molecule has 0 aromatic rings. The number of rotatable bonds is 67. The van der Waals surface area contributed by atoms with Gasteiger partial charge in [0.05, 0.1) is 32.0 Å². The van der Waals surface area contributed by atoms with Gasteiger partial charge >= 0.3 is 0 Å². The van der Waals surface area contributed by atoms with E-state index in [-0.39, 0.29) is 18.9 Å². The number of carbonyl (C=O) groups is 1. The van der Waals surface area contributed by atoms with Crippen molar-refractivity contribution in [2.24, 2.45) is 0 Å². The van der Waals surface area contributed by atoms with E-state index in [1.807, 2.05) is 6.08 Å². The maximum atomic E-state index is 13.4. The van der Waals surface area contributed by atoms with Gasteiger partial charge in [-0.15, -0.1) is 0 Å². The van der Waals surface area contributed by atoms with Crippen molar-refractivity contribution in [2.75, 3.05) is 19.8 Å². The molecule has 2 aliphatic heterocycles. The molecule has 0 radical (unpaired) electrons. The number of allylic oxidation sites excluding steroid dienone is 19. The van der Waals surface area contributed by atoms with E-state index in [4.69, 9.17) is 18.9 Å². The Kier molecular flexibility index (Phi) is 63.3. The van der Waals surface area contributed by atoms with E-state index in [0.29, 0.717) is 12.8 Å². The second-order valence-corrected chi connectivity index (χ2v) is 28.2. The van der Waals surface area contributed by atoms with Gasteiger partial charge in [-0.2, -0.15) is 0 Å². The van der Waals surface area contributed by atoms with Crippen molar-refractivity contribution in [3.8, 4) is 0 Å². The second kappa shape index (κ2) is 68.5. The van der Waals surface area contributed by atoms with Crippen LogP contribution in [0.25, 0.3) is 0 Å². The van der Waals surface area contributed by atoms with Gasteiger partial charge in [-0.1, -0.05) is 341 Å². The van der Waals surface area contributed by atoms with Crippen LogP contribution in [0.2, 0.25) is 0 Å². The van der Waals surface area contributed by atoms with Gasteiger partial charge in [-0.3, -0.25) is 4.79 Å². The van der Waals surface area contributed by atoms with Crippen LogP contribution in [-0.2, 0) is 23.7 Å². The van der Waals surface area contributed by atoms with E-state index in [0.717, 1.165) is 89.9 Å². The van der Waals surface area contributed by atoms with Crippen LogP contribution < -0.4 is 5.32 Å². The molecule has 1 amide bonds. The predicted octanol–water partition coefficient (Wildman–Crippen LogP) is 18.8. The Morgan fingerprint density at radius 3 is 1.10 bits per heavy atom. The Labute approximate surface area is 609 Å². The first-order valence-corrected chi connectivity index (χ1v) is 40.8. The van der Waals surface area contributed by atoms with Gasteiger partial charge in [0.2, 0.25) is 5.91 Å². The van der Waals surface area contributed by atoms with Crippen LogP contribution in [-0.4, -0.2) is 140 Å². The number of unbranched alkanes of at least 4 members (excludes halogenated alkanes) is 36. The molecule has 2 aliphatic rings. The number of aliphatic hydroxyl groups is 8. The van der Waals surface area contributed by atoms with E-state index in [1.165, 1.54) is 199 Å². The number of hydrogen-bond acceptors (Lipinski definition) is 13. The number of hydrogen-bond donors (Lipinski definition) is 9. The molecule has 2 saturated heterocycles. The Balaban J connectivity index is 1.62. The summed E-state index contributed by atoms with van der Waals surface area (Å²) < 4.78 is 22.9. The van der Waals surface area contributed by atoms with Gasteiger partial charge in [0, 0.05) is 6.42 Å². The molecule has 14 nitrogen and oxygen atoms in total. The minimum atomic E-state index is -1.80. The molecule has 576 valence electrons. The highest BCUT2D eigenvalue weighted by molar-refractivity contribution is 5.76. The van der Waals surface area contributed by atoms with Gasteiger partial charge in [-0.05, 0) is 96.3 Å². The molecule has 2 rings (SSSR count). The predicted molar refractivity (Wildman–Crippen MR) is 415 cm³/mol. The summed E-state index contributed by atoms with van der Waals surface area (Å²) in [7, 11) is 0. The van der Waals surface area contributed by atoms with Crippen molar-refractivity contribution in [1.82, 2.24) is 5.32 Å². The molecule has 0 aromatic heterocycles. The minimum Gasteiger partial charge on any atom is -0.394 e. The molecule has 12 atom stereocenters. The van der Waals surface area contributed by atoms with Crippen molar-refractivity contribution in [3.05, 3.63) is 122 Å². The molecule has 14 heteroatoms. The lowest BCUT2D eigenvalue weighted by Crippen LogP contribution is -2.65. The average molecular weight is 1410 g/mol. The molecular weight excluding hydrogens is 1250 g/mol. The Morgan fingerprint density at radius 2 is 0.700 bits per heavy atom. The monoisotopic (exact) mass is 1400 g/mol. The number of amides is 1. The summed E-state index contributed by atoms with van der Waals surface area (Å²) in [5.41, 5.74) is 0. The summed E-state index contributed by atoms with van der Waals surface area (Å²) in [5, 5.41) is 87.7. The molecule has 2 heterocycles. The van der Waals surface area contributed by atoms with Crippen LogP contribution in [0.15, 0.2) is 122 Å². The van der Waals surface area contributed by atoms with Gasteiger partial charge < -0.3 is 65.1 Å². The van der Waals surface area contributed by atoms with E-state index in [9.17, 15) is 45.6 Å². The number of aliphatic hydroxyl groups excluding tert-OH is 8. The van der Waals surface area contributed by atoms with Crippen LogP contribution in [0.5, 0.6) is 0 Å². The zero-order valence-electron chi connectivity index (χ0n) is 63.2. The summed E-state index contributed by atoms with van der Waals surface area (Å²) in [6.07, 6.45) is 84.2. The Hall–Kier alpha value is -3.61. The molecule has 0 aromatic carbocycles. The normalized spacial score (nSPS) is 22.5. The molecule has 12 unspecified atom stereocenters. The maximum Gasteiger partial charge on any atom is 0.220 e. The topological polar surface area (TPSA) is 228 Å². The van der Waals surface area contributed by atoms with E-state index >= 15 is 0 Å². The zero-order chi connectivity index (χ0) is 72.2.